The van der Waals surface area contributed by atoms with Crippen LogP contribution in [0.5, 0.6) is 0 Å². The van der Waals surface area contributed by atoms with Crippen LogP contribution in [0.25, 0.3) is 0 Å². The standard InChI is InChI=1S/C16H24ClFN2/c1-12-9-15(17)14(10-16(12)18)11-20(2)8-5-13-3-6-19-7-4-13/h9-10,13,19H,3-8,11H2,1-2H3. The second kappa shape index (κ2) is 7.39. The SMILES string of the molecule is Cc1cc(Cl)c(CN(C)CCC2CCNCC2)cc1F. The zero-order valence-corrected chi connectivity index (χ0v) is 13.1. The average Bonchev–Trinajstić information content (AvgIpc) is 2.44. The van der Waals surface area contributed by atoms with Crippen molar-refractivity contribution in [1.29, 1.82) is 0 Å². The Balaban J connectivity index is 1.84. The maximum atomic E-state index is 13.6. The summed E-state index contributed by atoms with van der Waals surface area (Å²) >= 11 is 6.19. The third kappa shape index (κ3) is 4.44. The van der Waals surface area contributed by atoms with Gasteiger partial charge in [-0.15, -0.1) is 0 Å². The number of hydrogen-bond donors (Lipinski definition) is 1. The molecule has 1 aliphatic rings. The van der Waals surface area contributed by atoms with Crippen molar-refractivity contribution in [3.8, 4) is 0 Å². The Hall–Kier alpha value is -0.640. The molecular formula is C16H24ClFN2. The third-order valence-electron chi connectivity index (χ3n) is 4.15. The molecule has 0 atom stereocenters. The van der Waals surface area contributed by atoms with E-state index in [4.69, 9.17) is 11.6 Å². The van der Waals surface area contributed by atoms with Crippen LogP contribution in [0.2, 0.25) is 5.02 Å². The van der Waals surface area contributed by atoms with Crippen molar-refractivity contribution < 1.29 is 4.39 Å². The molecule has 0 aliphatic carbocycles. The van der Waals surface area contributed by atoms with Crippen LogP contribution in [0, 0.1) is 18.7 Å². The molecule has 0 radical (unpaired) electrons. The van der Waals surface area contributed by atoms with Crippen molar-refractivity contribution in [2.75, 3.05) is 26.7 Å². The van der Waals surface area contributed by atoms with Gasteiger partial charge in [0.05, 0.1) is 0 Å². The predicted molar refractivity (Wildman–Crippen MR) is 82.7 cm³/mol. The molecular weight excluding hydrogens is 275 g/mol. The van der Waals surface area contributed by atoms with E-state index in [0.717, 1.165) is 31.1 Å². The molecule has 0 saturated carbocycles. The highest BCUT2D eigenvalue weighted by atomic mass is 35.5. The minimum atomic E-state index is -0.170. The molecule has 4 heteroatoms. The van der Waals surface area contributed by atoms with Gasteiger partial charge in [-0.05, 0) is 82.0 Å². The fourth-order valence-corrected chi connectivity index (χ4v) is 3.03. The summed E-state index contributed by atoms with van der Waals surface area (Å²) in [4.78, 5) is 2.23. The van der Waals surface area contributed by atoms with Crippen LogP contribution in [0.15, 0.2) is 12.1 Å². The van der Waals surface area contributed by atoms with Gasteiger partial charge >= 0.3 is 0 Å². The van der Waals surface area contributed by atoms with Crippen LogP contribution in [-0.4, -0.2) is 31.6 Å². The third-order valence-corrected chi connectivity index (χ3v) is 4.50. The molecule has 0 unspecified atom stereocenters. The van der Waals surface area contributed by atoms with E-state index in [1.807, 2.05) is 0 Å². The van der Waals surface area contributed by atoms with Gasteiger partial charge in [0.2, 0.25) is 0 Å². The number of halogens is 2. The van der Waals surface area contributed by atoms with E-state index in [1.54, 1.807) is 19.1 Å². The van der Waals surface area contributed by atoms with E-state index in [0.29, 0.717) is 17.1 Å². The molecule has 0 bridgehead atoms. The Bertz CT molecular complexity index is 444. The van der Waals surface area contributed by atoms with E-state index in [2.05, 4.69) is 17.3 Å². The molecule has 2 rings (SSSR count). The van der Waals surface area contributed by atoms with Gasteiger partial charge in [-0.2, -0.15) is 0 Å². The lowest BCUT2D eigenvalue weighted by molar-refractivity contribution is 0.266. The minimum absolute atomic E-state index is 0.170. The summed E-state index contributed by atoms with van der Waals surface area (Å²) in [7, 11) is 2.08. The van der Waals surface area contributed by atoms with Gasteiger partial charge in [0.25, 0.3) is 0 Å². The summed E-state index contributed by atoms with van der Waals surface area (Å²) in [6.45, 7) is 5.77. The van der Waals surface area contributed by atoms with Crippen LogP contribution >= 0.6 is 11.6 Å². The van der Waals surface area contributed by atoms with Gasteiger partial charge < -0.3 is 10.2 Å². The highest BCUT2D eigenvalue weighted by Gasteiger charge is 2.14. The maximum absolute atomic E-state index is 13.6. The van der Waals surface area contributed by atoms with Crippen molar-refractivity contribution in [2.24, 2.45) is 5.92 Å². The molecule has 112 valence electrons. The molecule has 0 aromatic heterocycles. The molecule has 0 amide bonds. The maximum Gasteiger partial charge on any atom is 0.126 e. The Kier molecular flexibility index (Phi) is 5.82. The quantitative estimate of drug-likeness (QED) is 0.893. The summed E-state index contributed by atoms with van der Waals surface area (Å²) in [5.74, 6) is 0.653. The second-order valence-corrected chi connectivity index (χ2v) is 6.32. The number of piperidine rings is 1. The second-order valence-electron chi connectivity index (χ2n) is 5.91. The van der Waals surface area contributed by atoms with E-state index in [-0.39, 0.29) is 5.82 Å². The van der Waals surface area contributed by atoms with Crippen molar-refractivity contribution in [1.82, 2.24) is 10.2 Å². The van der Waals surface area contributed by atoms with Crippen LogP contribution in [0.4, 0.5) is 4.39 Å². The van der Waals surface area contributed by atoms with E-state index >= 15 is 0 Å². The van der Waals surface area contributed by atoms with E-state index in [9.17, 15) is 4.39 Å². The predicted octanol–water partition coefficient (Wildman–Crippen LogP) is 3.61. The molecule has 1 heterocycles. The average molecular weight is 299 g/mol. The van der Waals surface area contributed by atoms with Crippen molar-refractivity contribution >= 4 is 11.6 Å². The Morgan fingerprint density at radius 2 is 2.05 bits per heavy atom. The van der Waals surface area contributed by atoms with Gasteiger partial charge in [-0.25, -0.2) is 4.39 Å². The van der Waals surface area contributed by atoms with Gasteiger partial charge in [-0.1, -0.05) is 11.6 Å². The lowest BCUT2D eigenvalue weighted by Gasteiger charge is -2.25. The van der Waals surface area contributed by atoms with E-state index in [1.165, 1.54) is 19.3 Å². The molecule has 1 N–H and O–H groups in total. The monoisotopic (exact) mass is 298 g/mol. The number of hydrogen-bond acceptors (Lipinski definition) is 2. The first-order valence-electron chi connectivity index (χ1n) is 7.40. The normalized spacial score (nSPS) is 16.9. The van der Waals surface area contributed by atoms with Crippen molar-refractivity contribution in [3.05, 3.63) is 34.1 Å². The van der Waals surface area contributed by atoms with Crippen LogP contribution in [0.1, 0.15) is 30.4 Å². The molecule has 20 heavy (non-hydrogen) atoms. The van der Waals surface area contributed by atoms with Crippen LogP contribution in [-0.2, 0) is 6.54 Å². The summed E-state index contributed by atoms with van der Waals surface area (Å²) < 4.78 is 13.6. The molecule has 1 fully saturated rings. The first-order valence-corrected chi connectivity index (χ1v) is 7.78. The minimum Gasteiger partial charge on any atom is -0.317 e. The van der Waals surface area contributed by atoms with Gasteiger partial charge in [0, 0.05) is 11.6 Å². The molecule has 1 aromatic rings. The summed E-state index contributed by atoms with van der Waals surface area (Å²) in [6.07, 6.45) is 3.76. The van der Waals surface area contributed by atoms with Crippen LogP contribution in [0.3, 0.4) is 0 Å². The lowest BCUT2D eigenvalue weighted by atomic mass is 9.94. The Morgan fingerprint density at radius 1 is 1.35 bits per heavy atom. The lowest BCUT2D eigenvalue weighted by Crippen LogP contribution is -2.30. The summed E-state index contributed by atoms with van der Waals surface area (Å²) in [5, 5.41) is 4.05. The molecule has 1 saturated heterocycles. The number of nitrogens with zero attached hydrogens (tertiary/aromatic N) is 1. The highest BCUT2D eigenvalue weighted by Crippen LogP contribution is 2.22. The number of nitrogens with one attached hydrogen (secondary N) is 1. The fraction of sp³-hybridized carbons (Fsp3) is 0.625. The molecule has 2 nitrogen and oxygen atoms in total. The number of rotatable bonds is 5. The Morgan fingerprint density at radius 3 is 2.75 bits per heavy atom. The fourth-order valence-electron chi connectivity index (χ4n) is 2.75. The number of aryl methyl sites for hydroxylation is 1. The Labute approximate surface area is 126 Å². The topological polar surface area (TPSA) is 15.3 Å². The first-order chi connectivity index (χ1) is 9.56. The van der Waals surface area contributed by atoms with Crippen molar-refractivity contribution in [3.63, 3.8) is 0 Å². The summed E-state index contributed by atoms with van der Waals surface area (Å²) in [5.41, 5.74) is 1.48. The van der Waals surface area contributed by atoms with Gasteiger partial charge in [-0.3, -0.25) is 0 Å². The first kappa shape index (κ1) is 15.7. The zero-order valence-electron chi connectivity index (χ0n) is 12.4. The van der Waals surface area contributed by atoms with E-state index < -0.39 is 0 Å². The smallest absolute Gasteiger partial charge is 0.126 e. The number of benzene rings is 1. The van der Waals surface area contributed by atoms with Crippen LogP contribution < -0.4 is 5.32 Å². The summed E-state index contributed by atoms with van der Waals surface area (Å²) in [6, 6.07) is 3.28. The molecule has 1 aliphatic heterocycles. The zero-order chi connectivity index (χ0) is 14.5. The van der Waals surface area contributed by atoms with Gasteiger partial charge in [0.15, 0.2) is 0 Å². The van der Waals surface area contributed by atoms with Crippen molar-refractivity contribution in [2.45, 2.75) is 32.7 Å². The highest BCUT2D eigenvalue weighted by molar-refractivity contribution is 6.31. The van der Waals surface area contributed by atoms with Gasteiger partial charge in [0.1, 0.15) is 5.82 Å². The largest absolute Gasteiger partial charge is 0.317 e. The molecule has 0 spiro atoms. The molecule has 1 aromatic carbocycles.